The van der Waals surface area contributed by atoms with Crippen molar-refractivity contribution < 1.29 is 4.39 Å². The Morgan fingerprint density at radius 3 is 2.56 bits per heavy atom. The highest BCUT2D eigenvalue weighted by atomic mass is 32.2. The van der Waals surface area contributed by atoms with Crippen LogP contribution in [0.5, 0.6) is 0 Å². The lowest BCUT2D eigenvalue weighted by Gasteiger charge is -2.04. The molecule has 2 aromatic rings. The van der Waals surface area contributed by atoms with E-state index in [0.29, 0.717) is 16.9 Å². The van der Waals surface area contributed by atoms with Crippen LogP contribution in [0.15, 0.2) is 47.4 Å². The van der Waals surface area contributed by atoms with E-state index in [1.54, 1.807) is 17.8 Å². The molecule has 0 radical (unpaired) electrons. The normalized spacial score (nSPS) is 10.1. The van der Waals surface area contributed by atoms with Crippen molar-refractivity contribution in [2.75, 3.05) is 0 Å². The van der Waals surface area contributed by atoms with Gasteiger partial charge in [-0.05, 0) is 42.8 Å². The molecular formula is C15H12FNS. The minimum absolute atomic E-state index is 0.256. The van der Waals surface area contributed by atoms with E-state index >= 15 is 0 Å². The van der Waals surface area contributed by atoms with Crippen LogP contribution in [0, 0.1) is 24.1 Å². The topological polar surface area (TPSA) is 23.8 Å². The van der Waals surface area contributed by atoms with E-state index in [4.69, 9.17) is 5.26 Å². The summed E-state index contributed by atoms with van der Waals surface area (Å²) in [5, 5.41) is 8.79. The quantitative estimate of drug-likeness (QED) is 0.765. The minimum atomic E-state index is -0.256. The lowest BCUT2D eigenvalue weighted by atomic mass is 10.1. The molecule has 2 aromatic carbocycles. The number of hydrogen-bond donors (Lipinski definition) is 0. The molecule has 0 N–H and O–H groups in total. The van der Waals surface area contributed by atoms with Gasteiger partial charge in [-0.25, -0.2) is 4.39 Å². The fraction of sp³-hybridized carbons (Fsp3) is 0.133. The number of halogens is 1. The summed E-state index contributed by atoms with van der Waals surface area (Å²) < 4.78 is 13.6. The number of rotatable bonds is 3. The molecule has 0 saturated heterocycles. The third-order valence-corrected chi connectivity index (χ3v) is 3.65. The molecule has 0 aliphatic heterocycles. The van der Waals surface area contributed by atoms with Crippen LogP contribution in [0.2, 0.25) is 0 Å². The summed E-state index contributed by atoms with van der Waals surface area (Å²) in [5.74, 6) is 0.276. The number of aryl methyl sites for hydroxylation is 1. The zero-order chi connectivity index (χ0) is 13.0. The van der Waals surface area contributed by atoms with Crippen molar-refractivity contribution in [3.63, 3.8) is 0 Å². The van der Waals surface area contributed by atoms with Crippen molar-refractivity contribution in [3.8, 4) is 6.07 Å². The van der Waals surface area contributed by atoms with E-state index in [0.717, 1.165) is 4.90 Å². The van der Waals surface area contributed by atoms with E-state index in [1.807, 2.05) is 37.3 Å². The summed E-state index contributed by atoms with van der Waals surface area (Å²) in [6, 6.07) is 14.6. The third kappa shape index (κ3) is 3.12. The van der Waals surface area contributed by atoms with Crippen molar-refractivity contribution in [1.29, 1.82) is 5.26 Å². The van der Waals surface area contributed by atoms with Crippen molar-refractivity contribution >= 4 is 11.8 Å². The Kier molecular flexibility index (Phi) is 4.01. The lowest BCUT2D eigenvalue weighted by Crippen LogP contribution is -1.89. The Hall–Kier alpha value is -1.79. The van der Waals surface area contributed by atoms with Gasteiger partial charge in [-0.1, -0.05) is 17.7 Å². The summed E-state index contributed by atoms with van der Waals surface area (Å²) in [6.07, 6.45) is 0. The second-order valence-corrected chi connectivity index (χ2v) is 5.07. The molecule has 3 heteroatoms. The van der Waals surface area contributed by atoms with Gasteiger partial charge in [0.15, 0.2) is 0 Å². The molecule has 0 heterocycles. The standard InChI is InChI=1S/C15H12FNS/c1-11-2-5-14(6-3-11)18-10-13-8-12(9-17)4-7-15(13)16/h2-8H,10H2,1H3. The molecule has 0 spiro atoms. The summed E-state index contributed by atoms with van der Waals surface area (Å²) >= 11 is 1.57. The Morgan fingerprint density at radius 1 is 1.17 bits per heavy atom. The van der Waals surface area contributed by atoms with Crippen LogP contribution in [0.1, 0.15) is 16.7 Å². The van der Waals surface area contributed by atoms with Gasteiger partial charge in [0.25, 0.3) is 0 Å². The van der Waals surface area contributed by atoms with Crippen molar-refractivity contribution in [1.82, 2.24) is 0 Å². The first-order chi connectivity index (χ1) is 8.69. The largest absolute Gasteiger partial charge is 0.207 e. The summed E-state index contributed by atoms with van der Waals surface area (Å²) in [4.78, 5) is 1.10. The van der Waals surface area contributed by atoms with Gasteiger partial charge in [0.1, 0.15) is 5.82 Å². The number of nitriles is 1. The molecule has 2 rings (SSSR count). The average Bonchev–Trinajstić information content (AvgIpc) is 2.40. The zero-order valence-corrected chi connectivity index (χ0v) is 10.8. The maximum absolute atomic E-state index is 13.6. The molecule has 0 saturated carbocycles. The maximum Gasteiger partial charge on any atom is 0.127 e. The monoisotopic (exact) mass is 257 g/mol. The molecule has 0 amide bonds. The average molecular weight is 257 g/mol. The Balaban J connectivity index is 2.10. The summed E-state index contributed by atoms with van der Waals surface area (Å²) in [7, 11) is 0. The van der Waals surface area contributed by atoms with Crippen molar-refractivity contribution in [2.45, 2.75) is 17.6 Å². The molecule has 0 unspecified atom stereocenters. The van der Waals surface area contributed by atoms with Gasteiger partial charge in [-0.2, -0.15) is 5.26 Å². The molecule has 18 heavy (non-hydrogen) atoms. The second-order valence-electron chi connectivity index (χ2n) is 4.02. The van der Waals surface area contributed by atoms with Gasteiger partial charge in [-0.3, -0.25) is 0 Å². The van der Waals surface area contributed by atoms with Crippen LogP contribution in [0.3, 0.4) is 0 Å². The zero-order valence-electron chi connectivity index (χ0n) is 9.98. The molecule has 0 aliphatic rings. The molecule has 0 atom stereocenters. The lowest BCUT2D eigenvalue weighted by molar-refractivity contribution is 0.617. The highest BCUT2D eigenvalue weighted by molar-refractivity contribution is 7.98. The van der Waals surface area contributed by atoms with E-state index in [2.05, 4.69) is 0 Å². The highest BCUT2D eigenvalue weighted by Gasteiger charge is 2.04. The van der Waals surface area contributed by atoms with Gasteiger partial charge in [0, 0.05) is 10.6 Å². The molecule has 0 aromatic heterocycles. The molecular weight excluding hydrogens is 245 g/mol. The first-order valence-corrected chi connectivity index (χ1v) is 6.55. The second kappa shape index (κ2) is 5.70. The Labute approximate surface area is 110 Å². The molecule has 0 aliphatic carbocycles. The first kappa shape index (κ1) is 12.7. The maximum atomic E-state index is 13.6. The van der Waals surface area contributed by atoms with Gasteiger partial charge >= 0.3 is 0 Å². The smallest absolute Gasteiger partial charge is 0.127 e. The van der Waals surface area contributed by atoms with E-state index in [9.17, 15) is 4.39 Å². The number of nitrogens with zero attached hydrogens (tertiary/aromatic N) is 1. The first-order valence-electron chi connectivity index (χ1n) is 5.57. The Morgan fingerprint density at radius 2 is 1.89 bits per heavy atom. The number of hydrogen-bond acceptors (Lipinski definition) is 2. The fourth-order valence-electron chi connectivity index (χ4n) is 1.55. The van der Waals surface area contributed by atoms with Crippen LogP contribution in [0.4, 0.5) is 4.39 Å². The Bertz CT molecular complexity index is 584. The SMILES string of the molecule is Cc1ccc(SCc2cc(C#N)ccc2F)cc1. The molecule has 1 nitrogen and oxygen atoms in total. The van der Waals surface area contributed by atoms with Gasteiger partial charge in [-0.15, -0.1) is 11.8 Å². The number of benzene rings is 2. The number of thioether (sulfide) groups is 1. The van der Waals surface area contributed by atoms with Crippen LogP contribution >= 0.6 is 11.8 Å². The molecule has 0 fully saturated rings. The fourth-order valence-corrected chi connectivity index (χ4v) is 2.42. The molecule has 0 bridgehead atoms. The van der Waals surface area contributed by atoms with Crippen LogP contribution in [0.25, 0.3) is 0 Å². The van der Waals surface area contributed by atoms with E-state index in [-0.39, 0.29) is 5.82 Å². The predicted molar refractivity (Wildman–Crippen MR) is 71.9 cm³/mol. The van der Waals surface area contributed by atoms with Crippen molar-refractivity contribution in [2.24, 2.45) is 0 Å². The van der Waals surface area contributed by atoms with Gasteiger partial charge in [0.2, 0.25) is 0 Å². The van der Waals surface area contributed by atoms with Crippen molar-refractivity contribution in [3.05, 3.63) is 65.0 Å². The highest BCUT2D eigenvalue weighted by Crippen LogP contribution is 2.24. The minimum Gasteiger partial charge on any atom is -0.207 e. The van der Waals surface area contributed by atoms with Crippen LogP contribution < -0.4 is 0 Å². The van der Waals surface area contributed by atoms with Crippen LogP contribution in [-0.4, -0.2) is 0 Å². The van der Waals surface area contributed by atoms with Crippen LogP contribution in [-0.2, 0) is 5.75 Å². The predicted octanol–water partition coefficient (Wildman–Crippen LogP) is 4.30. The van der Waals surface area contributed by atoms with E-state index in [1.165, 1.54) is 17.7 Å². The van der Waals surface area contributed by atoms with E-state index < -0.39 is 0 Å². The van der Waals surface area contributed by atoms with Gasteiger partial charge < -0.3 is 0 Å². The molecule has 90 valence electrons. The summed E-state index contributed by atoms with van der Waals surface area (Å²) in [6.45, 7) is 2.03. The third-order valence-electron chi connectivity index (χ3n) is 2.59. The summed E-state index contributed by atoms with van der Waals surface area (Å²) in [5.41, 5.74) is 2.27. The van der Waals surface area contributed by atoms with Gasteiger partial charge in [0.05, 0.1) is 11.6 Å².